The fourth-order valence-electron chi connectivity index (χ4n) is 3.30. The van der Waals surface area contributed by atoms with E-state index in [4.69, 9.17) is 9.47 Å². The number of hydrogen-bond donors (Lipinski definition) is 0. The molecule has 98 valence electrons. The van der Waals surface area contributed by atoms with Gasteiger partial charge in [0, 0.05) is 39.1 Å². The molecule has 3 fully saturated rings. The first-order chi connectivity index (χ1) is 8.26. The molecule has 0 aromatic carbocycles. The lowest BCUT2D eigenvalue weighted by molar-refractivity contribution is -0.183. The summed E-state index contributed by atoms with van der Waals surface area (Å²) in [5, 5.41) is 0. The molecule has 3 aliphatic rings. The van der Waals surface area contributed by atoms with Crippen molar-refractivity contribution in [3.63, 3.8) is 0 Å². The normalized spacial score (nSPS) is 34.1. The van der Waals surface area contributed by atoms with Crippen molar-refractivity contribution >= 4 is 0 Å². The third kappa shape index (κ3) is 3.01. The second-order valence-corrected chi connectivity index (χ2v) is 6.19. The molecule has 0 aromatic heterocycles. The highest BCUT2D eigenvalue weighted by Crippen LogP contribution is 2.35. The predicted octanol–water partition coefficient (Wildman–Crippen LogP) is 2.06. The van der Waals surface area contributed by atoms with Gasteiger partial charge in [0.1, 0.15) is 0 Å². The zero-order valence-corrected chi connectivity index (χ0v) is 11.0. The molecule has 0 N–H and O–H groups in total. The van der Waals surface area contributed by atoms with E-state index in [1.54, 1.807) is 0 Å². The van der Waals surface area contributed by atoms with E-state index in [1.807, 2.05) is 0 Å². The van der Waals surface area contributed by atoms with Crippen LogP contribution in [0.5, 0.6) is 0 Å². The molecular weight excluding hydrogens is 214 g/mol. The zero-order valence-electron chi connectivity index (χ0n) is 11.0. The molecule has 1 saturated carbocycles. The van der Waals surface area contributed by atoms with Gasteiger partial charge in [0.15, 0.2) is 0 Å². The van der Waals surface area contributed by atoms with E-state index in [9.17, 15) is 0 Å². The highest BCUT2D eigenvalue weighted by molar-refractivity contribution is 4.92. The molecule has 3 nitrogen and oxygen atoms in total. The van der Waals surface area contributed by atoms with E-state index in [2.05, 4.69) is 11.8 Å². The first kappa shape index (κ1) is 11.9. The maximum absolute atomic E-state index is 6.25. The fraction of sp³-hybridized carbons (Fsp3) is 1.00. The van der Waals surface area contributed by atoms with Crippen LogP contribution in [-0.2, 0) is 9.47 Å². The Labute approximate surface area is 104 Å². The van der Waals surface area contributed by atoms with Gasteiger partial charge in [-0.15, -0.1) is 0 Å². The summed E-state index contributed by atoms with van der Waals surface area (Å²) in [6.07, 6.45) is 6.90. The molecule has 2 aliphatic heterocycles. The summed E-state index contributed by atoms with van der Waals surface area (Å²) in [4.78, 5) is 2.64. The number of rotatable bonds is 3. The maximum atomic E-state index is 6.25. The van der Waals surface area contributed by atoms with E-state index in [1.165, 1.54) is 25.8 Å². The van der Waals surface area contributed by atoms with Gasteiger partial charge in [0.25, 0.3) is 0 Å². The van der Waals surface area contributed by atoms with Crippen molar-refractivity contribution in [3.8, 4) is 0 Å². The van der Waals surface area contributed by atoms with Gasteiger partial charge >= 0.3 is 0 Å². The van der Waals surface area contributed by atoms with Crippen molar-refractivity contribution in [2.75, 3.05) is 32.8 Å². The highest BCUT2D eigenvalue weighted by atomic mass is 16.5. The minimum absolute atomic E-state index is 0.111. The summed E-state index contributed by atoms with van der Waals surface area (Å²) < 4.78 is 11.7. The van der Waals surface area contributed by atoms with Crippen LogP contribution in [0, 0.1) is 5.92 Å². The average Bonchev–Trinajstić information content (AvgIpc) is 3.10. The van der Waals surface area contributed by atoms with Gasteiger partial charge in [-0.05, 0) is 25.8 Å². The molecule has 0 radical (unpaired) electrons. The molecule has 1 aliphatic carbocycles. The van der Waals surface area contributed by atoms with E-state index >= 15 is 0 Å². The van der Waals surface area contributed by atoms with Crippen LogP contribution < -0.4 is 0 Å². The zero-order chi connectivity index (χ0) is 11.7. The second kappa shape index (κ2) is 4.87. The van der Waals surface area contributed by atoms with Crippen molar-refractivity contribution in [3.05, 3.63) is 0 Å². The van der Waals surface area contributed by atoms with Gasteiger partial charge in [-0.3, -0.25) is 4.90 Å². The summed E-state index contributed by atoms with van der Waals surface area (Å²) >= 11 is 0. The Morgan fingerprint density at radius 3 is 2.71 bits per heavy atom. The van der Waals surface area contributed by atoms with Crippen molar-refractivity contribution in [1.82, 2.24) is 4.90 Å². The third-order valence-corrected chi connectivity index (χ3v) is 4.43. The standard InChI is InChI=1S/C14H25NO2/c1-12-10-15(7-4-13-2-3-13)11-14(17-12)5-8-16-9-6-14/h12-13H,2-11H2,1H3. The van der Waals surface area contributed by atoms with E-state index < -0.39 is 0 Å². The summed E-state index contributed by atoms with van der Waals surface area (Å²) in [6.45, 7) is 7.51. The average molecular weight is 239 g/mol. The molecule has 2 heterocycles. The molecule has 0 aromatic rings. The molecule has 3 heteroatoms. The predicted molar refractivity (Wildman–Crippen MR) is 67.1 cm³/mol. The third-order valence-electron chi connectivity index (χ3n) is 4.43. The van der Waals surface area contributed by atoms with Gasteiger partial charge in [0.2, 0.25) is 0 Å². The van der Waals surface area contributed by atoms with Crippen LogP contribution in [0.3, 0.4) is 0 Å². The Bertz CT molecular complexity index is 259. The topological polar surface area (TPSA) is 21.7 Å². The van der Waals surface area contributed by atoms with Crippen LogP contribution >= 0.6 is 0 Å². The van der Waals surface area contributed by atoms with Gasteiger partial charge < -0.3 is 9.47 Å². The Morgan fingerprint density at radius 2 is 2.00 bits per heavy atom. The summed E-state index contributed by atoms with van der Waals surface area (Å²) in [6, 6.07) is 0. The summed E-state index contributed by atoms with van der Waals surface area (Å²) in [7, 11) is 0. The number of nitrogens with zero attached hydrogens (tertiary/aromatic N) is 1. The van der Waals surface area contributed by atoms with Gasteiger partial charge in [-0.25, -0.2) is 0 Å². The fourth-order valence-corrected chi connectivity index (χ4v) is 3.30. The smallest absolute Gasteiger partial charge is 0.0856 e. The second-order valence-electron chi connectivity index (χ2n) is 6.19. The van der Waals surface area contributed by atoms with E-state index in [0.717, 1.165) is 45.1 Å². The van der Waals surface area contributed by atoms with Gasteiger partial charge in [0.05, 0.1) is 11.7 Å². The van der Waals surface area contributed by atoms with Crippen LogP contribution in [0.2, 0.25) is 0 Å². The van der Waals surface area contributed by atoms with Crippen LogP contribution in [0.4, 0.5) is 0 Å². The van der Waals surface area contributed by atoms with E-state index in [-0.39, 0.29) is 5.60 Å². The molecule has 1 unspecified atom stereocenters. The Hall–Kier alpha value is -0.120. The lowest BCUT2D eigenvalue weighted by Crippen LogP contribution is -2.57. The van der Waals surface area contributed by atoms with Crippen LogP contribution in [0.1, 0.15) is 39.0 Å². The largest absolute Gasteiger partial charge is 0.381 e. The van der Waals surface area contributed by atoms with E-state index in [0.29, 0.717) is 6.10 Å². The Kier molecular flexibility index (Phi) is 3.42. The monoisotopic (exact) mass is 239 g/mol. The van der Waals surface area contributed by atoms with Crippen LogP contribution in [0.25, 0.3) is 0 Å². The summed E-state index contributed by atoms with van der Waals surface area (Å²) in [5.74, 6) is 1.04. The van der Waals surface area contributed by atoms with Crippen LogP contribution in [-0.4, -0.2) is 49.5 Å². The summed E-state index contributed by atoms with van der Waals surface area (Å²) in [5.41, 5.74) is 0.111. The first-order valence-corrected chi connectivity index (χ1v) is 7.24. The molecule has 17 heavy (non-hydrogen) atoms. The minimum atomic E-state index is 0.111. The molecule has 2 saturated heterocycles. The highest BCUT2D eigenvalue weighted by Gasteiger charge is 2.40. The molecule has 1 atom stereocenters. The van der Waals surface area contributed by atoms with Crippen LogP contribution in [0.15, 0.2) is 0 Å². The number of ether oxygens (including phenoxy) is 2. The lowest BCUT2D eigenvalue weighted by Gasteiger charge is -2.47. The SMILES string of the molecule is CC1CN(CCC2CC2)CC2(CCOCC2)O1. The lowest BCUT2D eigenvalue weighted by atomic mass is 9.91. The quantitative estimate of drug-likeness (QED) is 0.752. The van der Waals surface area contributed by atoms with Gasteiger partial charge in [-0.1, -0.05) is 12.8 Å². The molecule has 1 spiro atoms. The minimum Gasteiger partial charge on any atom is -0.381 e. The van der Waals surface area contributed by atoms with Crippen molar-refractivity contribution in [2.45, 2.75) is 50.7 Å². The number of hydrogen-bond acceptors (Lipinski definition) is 3. The number of morpholine rings is 1. The molecule has 3 rings (SSSR count). The van der Waals surface area contributed by atoms with Crippen molar-refractivity contribution < 1.29 is 9.47 Å². The molecular formula is C14H25NO2. The van der Waals surface area contributed by atoms with Crippen molar-refractivity contribution in [1.29, 1.82) is 0 Å². The Balaban J connectivity index is 1.56. The molecule has 0 amide bonds. The first-order valence-electron chi connectivity index (χ1n) is 7.24. The van der Waals surface area contributed by atoms with Crippen molar-refractivity contribution in [2.24, 2.45) is 5.92 Å². The van der Waals surface area contributed by atoms with Gasteiger partial charge in [-0.2, -0.15) is 0 Å². The molecule has 0 bridgehead atoms. The maximum Gasteiger partial charge on any atom is 0.0856 e. The Morgan fingerprint density at radius 1 is 1.24 bits per heavy atom.